The molecule has 2 aliphatic rings. The summed E-state index contributed by atoms with van der Waals surface area (Å²) in [6, 6.07) is 5.56. The summed E-state index contributed by atoms with van der Waals surface area (Å²) in [5, 5.41) is 5.29. The standard InChI is InChI=1S/C21H24FN5O3/c1-2-14-5-3-4-10-27(14)21-25-18-17(20(30)26-21)15(11-16(28)24-18)19(29)23-13-8-6-12(22)7-9-13/h6-9,14-15H,2-5,10-11H2,1H3,(H,23,29)(H2,24,25,26,28,30)/t14-,15+/m0/s1. The molecule has 0 spiro atoms. The van der Waals surface area contributed by atoms with Gasteiger partial charge in [-0.2, -0.15) is 4.98 Å². The molecule has 2 atom stereocenters. The van der Waals surface area contributed by atoms with Crippen LogP contribution in [0.2, 0.25) is 0 Å². The number of H-pyrrole nitrogens is 1. The van der Waals surface area contributed by atoms with Gasteiger partial charge in [-0.15, -0.1) is 0 Å². The van der Waals surface area contributed by atoms with Crippen LogP contribution >= 0.6 is 0 Å². The molecule has 0 unspecified atom stereocenters. The van der Waals surface area contributed by atoms with Crippen molar-refractivity contribution in [3.8, 4) is 0 Å². The van der Waals surface area contributed by atoms with E-state index in [1.165, 1.54) is 24.3 Å². The summed E-state index contributed by atoms with van der Waals surface area (Å²) in [7, 11) is 0. The van der Waals surface area contributed by atoms with Crippen molar-refractivity contribution in [3.63, 3.8) is 0 Å². The highest BCUT2D eigenvalue weighted by atomic mass is 19.1. The van der Waals surface area contributed by atoms with Crippen LogP contribution in [0.15, 0.2) is 29.1 Å². The van der Waals surface area contributed by atoms with Gasteiger partial charge < -0.3 is 15.5 Å². The Morgan fingerprint density at radius 3 is 2.77 bits per heavy atom. The average molecular weight is 413 g/mol. The minimum atomic E-state index is -0.979. The summed E-state index contributed by atoms with van der Waals surface area (Å²) in [4.78, 5) is 47.4. The Hall–Kier alpha value is -3.23. The highest BCUT2D eigenvalue weighted by molar-refractivity contribution is 6.04. The van der Waals surface area contributed by atoms with Crippen LogP contribution in [0.25, 0.3) is 0 Å². The number of piperidine rings is 1. The lowest BCUT2D eigenvalue weighted by atomic mass is 9.92. The van der Waals surface area contributed by atoms with Gasteiger partial charge >= 0.3 is 0 Å². The Balaban J connectivity index is 1.65. The molecule has 0 bridgehead atoms. The minimum absolute atomic E-state index is 0.129. The fraction of sp³-hybridized carbons (Fsp3) is 0.429. The number of rotatable bonds is 4. The van der Waals surface area contributed by atoms with Crippen LogP contribution in [0.5, 0.6) is 0 Å². The quantitative estimate of drug-likeness (QED) is 0.715. The van der Waals surface area contributed by atoms with E-state index in [1.807, 2.05) is 0 Å². The third kappa shape index (κ3) is 3.92. The predicted molar refractivity (Wildman–Crippen MR) is 111 cm³/mol. The first-order valence-corrected chi connectivity index (χ1v) is 10.2. The molecular weight excluding hydrogens is 389 g/mol. The van der Waals surface area contributed by atoms with Crippen molar-refractivity contribution in [2.75, 3.05) is 22.1 Å². The maximum absolute atomic E-state index is 13.1. The van der Waals surface area contributed by atoms with Crippen LogP contribution in [0.1, 0.15) is 50.5 Å². The van der Waals surface area contributed by atoms with Gasteiger partial charge in [0.15, 0.2) is 0 Å². The lowest BCUT2D eigenvalue weighted by molar-refractivity contribution is -0.123. The molecule has 3 N–H and O–H groups in total. The smallest absolute Gasteiger partial charge is 0.258 e. The molecule has 1 fully saturated rings. The summed E-state index contributed by atoms with van der Waals surface area (Å²) in [6.45, 7) is 2.87. The van der Waals surface area contributed by atoms with E-state index >= 15 is 0 Å². The van der Waals surface area contributed by atoms with Gasteiger partial charge in [-0.3, -0.25) is 19.4 Å². The van der Waals surface area contributed by atoms with Crippen molar-refractivity contribution < 1.29 is 14.0 Å². The Labute approximate surface area is 172 Å². The molecule has 8 nitrogen and oxygen atoms in total. The fourth-order valence-electron chi connectivity index (χ4n) is 4.19. The number of aromatic nitrogens is 2. The van der Waals surface area contributed by atoms with E-state index in [0.717, 1.165) is 32.2 Å². The summed E-state index contributed by atoms with van der Waals surface area (Å²) in [5.41, 5.74) is 0.0896. The van der Waals surface area contributed by atoms with Crippen molar-refractivity contribution in [2.45, 2.75) is 51.0 Å². The molecule has 3 heterocycles. The van der Waals surface area contributed by atoms with E-state index in [0.29, 0.717) is 11.6 Å². The Kier molecular flexibility index (Phi) is 5.52. The van der Waals surface area contributed by atoms with Crippen molar-refractivity contribution in [3.05, 3.63) is 46.0 Å². The average Bonchev–Trinajstić information content (AvgIpc) is 2.74. The number of benzene rings is 1. The minimum Gasteiger partial charge on any atom is -0.339 e. The van der Waals surface area contributed by atoms with Crippen molar-refractivity contribution in [1.82, 2.24) is 9.97 Å². The largest absolute Gasteiger partial charge is 0.339 e. The van der Waals surface area contributed by atoms with Crippen molar-refractivity contribution in [2.24, 2.45) is 0 Å². The maximum atomic E-state index is 13.1. The fourth-order valence-corrected chi connectivity index (χ4v) is 4.19. The second-order valence-corrected chi connectivity index (χ2v) is 7.70. The Morgan fingerprint density at radius 2 is 2.03 bits per heavy atom. The Morgan fingerprint density at radius 1 is 1.27 bits per heavy atom. The summed E-state index contributed by atoms with van der Waals surface area (Å²) in [6.07, 6.45) is 3.92. The molecule has 4 rings (SSSR count). The first-order valence-electron chi connectivity index (χ1n) is 10.2. The van der Waals surface area contributed by atoms with Crippen LogP contribution in [0, 0.1) is 5.82 Å². The maximum Gasteiger partial charge on any atom is 0.258 e. The van der Waals surface area contributed by atoms with Gasteiger partial charge in [0.25, 0.3) is 5.56 Å². The number of nitrogens with one attached hydrogen (secondary N) is 3. The topological polar surface area (TPSA) is 107 Å². The summed E-state index contributed by atoms with van der Waals surface area (Å²) < 4.78 is 13.1. The van der Waals surface area contributed by atoms with Crippen LogP contribution in [-0.2, 0) is 9.59 Å². The zero-order valence-corrected chi connectivity index (χ0v) is 16.7. The van der Waals surface area contributed by atoms with E-state index in [1.54, 1.807) is 0 Å². The zero-order chi connectivity index (χ0) is 21.3. The second-order valence-electron chi connectivity index (χ2n) is 7.70. The van der Waals surface area contributed by atoms with E-state index in [9.17, 15) is 18.8 Å². The molecule has 2 aliphatic heterocycles. The monoisotopic (exact) mass is 413 g/mol. The third-order valence-electron chi connectivity index (χ3n) is 5.74. The molecule has 0 radical (unpaired) electrons. The number of nitrogens with zero attached hydrogens (tertiary/aromatic N) is 2. The molecule has 0 saturated carbocycles. The SMILES string of the molecule is CC[C@H]1CCCCN1c1nc2c(c(=O)[nH]1)[C@H](C(=O)Nc1ccc(F)cc1)CC(=O)N2. The summed E-state index contributed by atoms with van der Waals surface area (Å²) in [5.74, 6) is -1.74. The van der Waals surface area contributed by atoms with Crippen LogP contribution in [0.3, 0.4) is 0 Å². The van der Waals surface area contributed by atoms with E-state index in [-0.39, 0.29) is 29.8 Å². The number of hydrogen-bond donors (Lipinski definition) is 3. The normalized spacial score (nSPS) is 21.0. The number of fused-ring (bicyclic) bond motifs is 1. The van der Waals surface area contributed by atoms with E-state index in [4.69, 9.17) is 0 Å². The zero-order valence-electron chi connectivity index (χ0n) is 16.7. The number of anilines is 3. The number of aromatic amines is 1. The number of carbonyl (C=O) groups is 2. The second kappa shape index (κ2) is 8.25. The molecular formula is C21H24FN5O3. The van der Waals surface area contributed by atoms with Gasteiger partial charge in [-0.05, 0) is 49.9 Å². The van der Waals surface area contributed by atoms with Crippen LogP contribution < -0.4 is 21.1 Å². The molecule has 1 saturated heterocycles. The predicted octanol–water partition coefficient (Wildman–Crippen LogP) is 2.74. The molecule has 9 heteroatoms. The van der Waals surface area contributed by atoms with Gasteiger partial charge in [0, 0.05) is 24.7 Å². The number of carbonyl (C=O) groups excluding carboxylic acids is 2. The van der Waals surface area contributed by atoms with Gasteiger partial charge in [0.2, 0.25) is 17.8 Å². The number of halogens is 1. The lowest BCUT2D eigenvalue weighted by Crippen LogP contribution is -2.43. The summed E-state index contributed by atoms with van der Waals surface area (Å²) >= 11 is 0. The highest BCUT2D eigenvalue weighted by Crippen LogP contribution is 2.31. The van der Waals surface area contributed by atoms with Crippen molar-refractivity contribution >= 4 is 29.3 Å². The molecule has 2 aromatic rings. The van der Waals surface area contributed by atoms with Gasteiger partial charge in [0.1, 0.15) is 11.6 Å². The Bertz CT molecular complexity index is 1020. The number of hydrogen-bond acceptors (Lipinski definition) is 5. The first kappa shape index (κ1) is 20.1. The first-order chi connectivity index (χ1) is 14.5. The molecule has 30 heavy (non-hydrogen) atoms. The van der Waals surface area contributed by atoms with Gasteiger partial charge in [-0.1, -0.05) is 6.92 Å². The molecule has 1 aromatic carbocycles. The van der Waals surface area contributed by atoms with E-state index in [2.05, 4.69) is 32.4 Å². The van der Waals surface area contributed by atoms with Crippen molar-refractivity contribution in [1.29, 1.82) is 0 Å². The van der Waals surface area contributed by atoms with Gasteiger partial charge in [0.05, 0.1) is 11.5 Å². The van der Waals surface area contributed by atoms with Crippen LogP contribution in [0.4, 0.5) is 21.8 Å². The van der Waals surface area contributed by atoms with Gasteiger partial charge in [-0.25, -0.2) is 4.39 Å². The van der Waals surface area contributed by atoms with E-state index < -0.39 is 23.2 Å². The highest BCUT2D eigenvalue weighted by Gasteiger charge is 2.35. The molecule has 158 valence electrons. The molecule has 0 aliphatic carbocycles. The van der Waals surface area contributed by atoms with Crippen LogP contribution in [-0.4, -0.2) is 34.4 Å². The molecule has 1 aromatic heterocycles. The third-order valence-corrected chi connectivity index (χ3v) is 5.74. The number of amides is 2. The molecule has 2 amide bonds. The lowest BCUT2D eigenvalue weighted by Gasteiger charge is -2.36.